The van der Waals surface area contributed by atoms with Crippen LogP contribution in [0.1, 0.15) is 11.4 Å². The Morgan fingerprint density at radius 1 is 1.27 bits per heavy atom. The van der Waals surface area contributed by atoms with Crippen LogP contribution in [0.25, 0.3) is 5.95 Å². The van der Waals surface area contributed by atoms with E-state index in [0.29, 0.717) is 12.5 Å². The molecule has 0 aromatic carbocycles. The van der Waals surface area contributed by atoms with Crippen LogP contribution < -0.4 is 5.73 Å². The van der Waals surface area contributed by atoms with E-state index in [2.05, 4.69) is 15.0 Å². The lowest BCUT2D eigenvalue weighted by atomic mass is 10.2. The summed E-state index contributed by atoms with van der Waals surface area (Å²) in [6, 6.07) is 0. The predicted octanol–water partition coefficient (Wildman–Crippen LogP) is 0.472. The first-order valence-corrected chi connectivity index (χ1v) is 4.82. The third kappa shape index (κ3) is 2.02. The first-order chi connectivity index (χ1) is 7.31. The van der Waals surface area contributed by atoms with Gasteiger partial charge in [-0.25, -0.2) is 15.0 Å². The van der Waals surface area contributed by atoms with Gasteiger partial charge in [0.25, 0.3) is 0 Å². The van der Waals surface area contributed by atoms with Crippen LogP contribution in [0.2, 0.25) is 0 Å². The minimum Gasteiger partial charge on any atom is -0.330 e. The molecule has 0 bridgehead atoms. The summed E-state index contributed by atoms with van der Waals surface area (Å²) in [4.78, 5) is 12.6. The van der Waals surface area contributed by atoms with Gasteiger partial charge in [-0.05, 0) is 25.5 Å². The molecule has 0 radical (unpaired) electrons. The molecule has 0 amide bonds. The van der Waals surface area contributed by atoms with Crippen LogP contribution in [0, 0.1) is 6.92 Å². The SMILES string of the molecule is Cc1nccn1-c1ncc(CCN)cn1. The quantitative estimate of drug-likeness (QED) is 0.787. The molecular formula is C10H13N5. The second-order valence-electron chi connectivity index (χ2n) is 3.27. The van der Waals surface area contributed by atoms with E-state index in [1.165, 1.54) is 0 Å². The smallest absolute Gasteiger partial charge is 0.235 e. The monoisotopic (exact) mass is 203 g/mol. The maximum Gasteiger partial charge on any atom is 0.235 e. The lowest BCUT2D eigenvalue weighted by Gasteiger charge is -2.03. The molecule has 0 aliphatic heterocycles. The first-order valence-electron chi connectivity index (χ1n) is 4.82. The van der Waals surface area contributed by atoms with E-state index in [9.17, 15) is 0 Å². The average molecular weight is 203 g/mol. The van der Waals surface area contributed by atoms with Crippen LogP contribution in [0.15, 0.2) is 24.8 Å². The van der Waals surface area contributed by atoms with E-state index < -0.39 is 0 Å². The summed E-state index contributed by atoms with van der Waals surface area (Å²) in [7, 11) is 0. The number of nitrogens with zero attached hydrogens (tertiary/aromatic N) is 4. The topological polar surface area (TPSA) is 69.6 Å². The highest BCUT2D eigenvalue weighted by atomic mass is 15.2. The minimum atomic E-state index is 0.618. The summed E-state index contributed by atoms with van der Waals surface area (Å²) >= 11 is 0. The highest BCUT2D eigenvalue weighted by Gasteiger charge is 2.02. The van der Waals surface area contributed by atoms with Crippen molar-refractivity contribution in [3.05, 3.63) is 36.2 Å². The van der Waals surface area contributed by atoms with Crippen LogP contribution in [0.4, 0.5) is 0 Å². The van der Waals surface area contributed by atoms with Gasteiger partial charge < -0.3 is 5.73 Å². The largest absolute Gasteiger partial charge is 0.330 e. The second-order valence-corrected chi connectivity index (χ2v) is 3.27. The molecule has 5 heteroatoms. The van der Waals surface area contributed by atoms with Crippen molar-refractivity contribution in [1.82, 2.24) is 19.5 Å². The Labute approximate surface area is 88.0 Å². The average Bonchev–Trinajstić information content (AvgIpc) is 2.66. The lowest BCUT2D eigenvalue weighted by molar-refractivity contribution is 0.861. The number of aromatic nitrogens is 4. The Hall–Kier alpha value is -1.75. The zero-order valence-corrected chi connectivity index (χ0v) is 8.59. The fourth-order valence-corrected chi connectivity index (χ4v) is 1.36. The van der Waals surface area contributed by atoms with Gasteiger partial charge in [-0.3, -0.25) is 4.57 Å². The van der Waals surface area contributed by atoms with Crippen molar-refractivity contribution in [2.75, 3.05) is 6.54 Å². The van der Waals surface area contributed by atoms with Crippen molar-refractivity contribution in [1.29, 1.82) is 0 Å². The van der Waals surface area contributed by atoms with Gasteiger partial charge >= 0.3 is 0 Å². The predicted molar refractivity (Wildman–Crippen MR) is 56.6 cm³/mol. The van der Waals surface area contributed by atoms with Crippen molar-refractivity contribution in [2.45, 2.75) is 13.3 Å². The Morgan fingerprint density at radius 3 is 2.53 bits per heavy atom. The number of rotatable bonds is 3. The number of hydrogen-bond acceptors (Lipinski definition) is 4. The van der Waals surface area contributed by atoms with Crippen molar-refractivity contribution in [2.24, 2.45) is 5.73 Å². The summed E-state index contributed by atoms with van der Waals surface area (Å²) in [5.74, 6) is 1.52. The molecule has 2 aromatic rings. The number of aryl methyl sites for hydroxylation is 1. The molecule has 78 valence electrons. The van der Waals surface area contributed by atoms with Gasteiger partial charge in [-0.1, -0.05) is 0 Å². The normalized spacial score (nSPS) is 10.5. The molecular weight excluding hydrogens is 190 g/mol. The lowest BCUT2D eigenvalue weighted by Crippen LogP contribution is -2.06. The zero-order valence-electron chi connectivity index (χ0n) is 8.59. The molecule has 0 aliphatic rings. The molecule has 2 N–H and O–H groups in total. The standard InChI is InChI=1S/C10H13N5/c1-8-12-4-5-15(8)10-13-6-9(2-3-11)7-14-10/h4-7H,2-3,11H2,1H3. The maximum absolute atomic E-state index is 5.45. The summed E-state index contributed by atoms with van der Waals surface area (Å²) in [5.41, 5.74) is 6.50. The molecule has 0 saturated carbocycles. The molecule has 5 nitrogen and oxygen atoms in total. The molecule has 0 unspecified atom stereocenters. The molecule has 0 atom stereocenters. The van der Waals surface area contributed by atoms with E-state index in [0.717, 1.165) is 17.8 Å². The van der Waals surface area contributed by atoms with Crippen LogP contribution >= 0.6 is 0 Å². The van der Waals surface area contributed by atoms with Crippen molar-refractivity contribution in [3.63, 3.8) is 0 Å². The fraction of sp³-hybridized carbons (Fsp3) is 0.300. The van der Waals surface area contributed by atoms with Crippen LogP contribution in [-0.2, 0) is 6.42 Å². The molecule has 0 spiro atoms. The van der Waals surface area contributed by atoms with Crippen LogP contribution in [0.3, 0.4) is 0 Å². The van der Waals surface area contributed by atoms with Gasteiger partial charge in [-0.15, -0.1) is 0 Å². The van der Waals surface area contributed by atoms with Gasteiger partial charge in [0.1, 0.15) is 5.82 Å². The molecule has 0 fully saturated rings. The summed E-state index contributed by atoms with van der Waals surface area (Å²) < 4.78 is 1.84. The van der Waals surface area contributed by atoms with E-state index >= 15 is 0 Å². The fourth-order valence-electron chi connectivity index (χ4n) is 1.36. The number of nitrogens with two attached hydrogens (primary N) is 1. The zero-order chi connectivity index (χ0) is 10.7. The molecule has 0 saturated heterocycles. The molecule has 2 heterocycles. The molecule has 2 aromatic heterocycles. The van der Waals surface area contributed by atoms with Gasteiger partial charge in [0.05, 0.1) is 0 Å². The third-order valence-corrected chi connectivity index (χ3v) is 2.17. The number of imidazole rings is 1. The summed E-state index contributed by atoms with van der Waals surface area (Å²) in [6.45, 7) is 2.53. The van der Waals surface area contributed by atoms with Gasteiger partial charge in [0.2, 0.25) is 5.95 Å². The molecule has 15 heavy (non-hydrogen) atoms. The second kappa shape index (κ2) is 4.18. The third-order valence-electron chi connectivity index (χ3n) is 2.17. The van der Waals surface area contributed by atoms with Crippen LogP contribution in [-0.4, -0.2) is 26.1 Å². The van der Waals surface area contributed by atoms with E-state index in [1.807, 2.05) is 17.7 Å². The van der Waals surface area contributed by atoms with Crippen molar-refractivity contribution >= 4 is 0 Å². The summed E-state index contributed by atoms with van der Waals surface area (Å²) in [6.07, 6.45) is 7.98. The van der Waals surface area contributed by atoms with Gasteiger partial charge in [-0.2, -0.15) is 0 Å². The number of hydrogen-bond donors (Lipinski definition) is 1. The Balaban J connectivity index is 2.28. The minimum absolute atomic E-state index is 0.618. The Kier molecular flexibility index (Phi) is 2.73. The highest BCUT2D eigenvalue weighted by molar-refractivity contribution is 5.17. The van der Waals surface area contributed by atoms with E-state index in [4.69, 9.17) is 5.73 Å². The molecule has 2 rings (SSSR count). The van der Waals surface area contributed by atoms with Crippen molar-refractivity contribution < 1.29 is 0 Å². The Bertz CT molecular complexity index is 431. The Morgan fingerprint density at radius 2 is 2.00 bits per heavy atom. The van der Waals surface area contributed by atoms with Crippen molar-refractivity contribution in [3.8, 4) is 5.95 Å². The van der Waals surface area contributed by atoms with E-state index in [1.54, 1.807) is 18.6 Å². The first kappa shape index (κ1) is 9.79. The van der Waals surface area contributed by atoms with E-state index in [-0.39, 0.29) is 0 Å². The highest BCUT2D eigenvalue weighted by Crippen LogP contribution is 2.04. The van der Waals surface area contributed by atoms with Gasteiger partial charge in [0.15, 0.2) is 0 Å². The van der Waals surface area contributed by atoms with Gasteiger partial charge in [0, 0.05) is 24.8 Å². The van der Waals surface area contributed by atoms with Crippen LogP contribution in [0.5, 0.6) is 0 Å². The maximum atomic E-state index is 5.45. The molecule has 0 aliphatic carbocycles. The summed E-state index contributed by atoms with van der Waals surface area (Å²) in [5, 5.41) is 0.